The van der Waals surface area contributed by atoms with Crippen LogP contribution >= 0.6 is 11.3 Å². The second-order valence-corrected chi connectivity index (χ2v) is 15.4. The minimum absolute atomic E-state index is 0.0472. The van der Waals surface area contributed by atoms with Crippen LogP contribution in [0.1, 0.15) is 104 Å². The van der Waals surface area contributed by atoms with Crippen LogP contribution < -0.4 is 0 Å². The van der Waals surface area contributed by atoms with Crippen molar-refractivity contribution in [3.8, 4) is 17.6 Å². The number of carboxylic acid groups (broad SMARTS) is 1. The zero-order chi connectivity index (χ0) is 42.0. The molecule has 3 N–H and O–H groups in total. The van der Waals surface area contributed by atoms with Crippen molar-refractivity contribution >= 4 is 29.1 Å². The van der Waals surface area contributed by atoms with Gasteiger partial charge in [-0.2, -0.15) is 31.6 Å². The van der Waals surface area contributed by atoms with Gasteiger partial charge in [-0.3, -0.25) is 19.4 Å². The molecule has 2 aromatic heterocycles. The SMILES string of the molecule is CCCC1C(C(=O)N2CCC(C#N)(c3ccccc3O)CC2)CCCN1C(=O)c1ncccc1C(F)(F)F.O=C(O)CC1CCCC1.Oc1csc(C(F)(F)F)c1. The third-order valence-corrected chi connectivity index (χ3v) is 11.6. The molecule has 3 fully saturated rings. The van der Waals surface area contributed by atoms with Gasteiger partial charge in [0.1, 0.15) is 22.1 Å². The summed E-state index contributed by atoms with van der Waals surface area (Å²) in [6.45, 7) is 2.78. The van der Waals surface area contributed by atoms with E-state index in [1.807, 2.05) is 6.92 Å². The molecule has 6 rings (SSSR count). The molecule has 3 aliphatic rings. The summed E-state index contributed by atoms with van der Waals surface area (Å²) >= 11 is 0.481. The number of hydrogen-bond donors (Lipinski definition) is 3. The van der Waals surface area contributed by atoms with Crippen LogP contribution in [0.25, 0.3) is 0 Å². The standard InChI is InChI=1S/C28H31F3N4O3.C7H12O2.C5H3F3OS/c1-2-7-22-19(8-6-15-35(22)26(38)24-21(28(29,30)31)10-5-14-33-24)25(37)34-16-12-27(18-32,13-17-34)20-9-3-4-11-23(20)36;8-7(9)5-6-3-1-2-4-6;6-5(7,8)4-1-3(9)2-10-4/h3-5,9-11,14,19,22,36H,2,6-8,12-13,15-17H2,1H3;6H,1-5H2,(H,8,9);1-2,9H. The summed E-state index contributed by atoms with van der Waals surface area (Å²) < 4.78 is 75.9. The molecule has 0 bridgehead atoms. The number of likely N-dealkylation sites (tertiary alicyclic amines) is 2. The van der Waals surface area contributed by atoms with Crippen LogP contribution in [0, 0.1) is 23.2 Å². The van der Waals surface area contributed by atoms with Crippen LogP contribution in [0.15, 0.2) is 54.0 Å². The fraction of sp³-hybridized carbons (Fsp3) is 0.525. The van der Waals surface area contributed by atoms with E-state index in [0.29, 0.717) is 86.9 Å². The zero-order valence-corrected chi connectivity index (χ0v) is 32.2. The minimum Gasteiger partial charge on any atom is -0.508 e. The Morgan fingerprint density at radius 2 is 1.61 bits per heavy atom. The van der Waals surface area contributed by atoms with Gasteiger partial charge in [-0.05, 0) is 69.1 Å². The second-order valence-electron chi connectivity index (χ2n) is 14.5. The number of thiophene rings is 1. The number of hydrogen-bond acceptors (Lipinski definition) is 8. The van der Waals surface area contributed by atoms with E-state index in [-0.39, 0.29) is 24.0 Å². The number of nitrogens with zero attached hydrogens (tertiary/aromatic N) is 4. The third-order valence-electron chi connectivity index (χ3n) is 10.6. The quantitative estimate of drug-likeness (QED) is 0.200. The lowest BCUT2D eigenvalue weighted by molar-refractivity contribution is -0.141. The monoisotopic (exact) mass is 824 g/mol. The molecular weight excluding hydrogens is 779 g/mol. The van der Waals surface area contributed by atoms with E-state index in [9.17, 15) is 51.1 Å². The predicted octanol–water partition coefficient (Wildman–Crippen LogP) is 9.03. The van der Waals surface area contributed by atoms with Gasteiger partial charge in [0.05, 0.1) is 23.0 Å². The number of halogens is 6. The maximum Gasteiger partial charge on any atom is 0.425 e. The molecule has 1 aromatic carbocycles. The van der Waals surface area contributed by atoms with Gasteiger partial charge in [-0.25, -0.2) is 0 Å². The number of nitriles is 1. The number of carboxylic acids is 1. The molecule has 57 heavy (non-hydrogen) atoms. The summed E-state index contributed by atoms with van der Waals surface area (Å²) in [4.78, 5) is 43.4. The molecule has 2 unspecified atom stereocenters. The van der Waals surface area contributed by atoms with E-state index in [2.05, 4.69) is 11.1 Å². The number of carbonyl (C=O) groups is 3. The Balaban J connectivity index is 0.000000307. The number of pyridine rings is 1. The number of alkyl halides is 6. The number of para-hydroxylation sites is 1. The number of carbonyl (C=O) groups excluding carboxylic acids is 2. The van der Waals surface area contributed by atoms with Crippen LogP contribution in [0.4, 0.5) is 26.3 Å². The number of phenolic OH excluding ortho intramolecular Hbond substituents is 1. The molecular formula is C40H46F6N4O6S. The highest BCUT2D eigenvalue weighted by Crippen LogP contribution is 2.41. The molecule has 1 aliphatic carbocycles. The number of aliphatic carboxylic acids is 1. The van der Waals surface area contributed by atoms with Crippen molar-refractivity contribution < 1.29 is 56.0 Å². The fourth-order valence-corrected chi connectivity index (χ4v) is 8.43. The molecule has 3 aromatic rings. The number of amides is 2. The van der Waals surface area contributed by atoms with Gasteiger partial charge in [0.2, 0.25) is 5.91 Å². The van der Waals surface area contributed by atoms with E-state index in [1.54, 1.807) is 29.2 Å². The van der Waals surface area contributed by atoms with Crippen molar-refractivity contribution in [2.75, 3.05) is 19.6 Å². The van der Waals surface area contributed by atoms with Gasteiger partial charge >= 0.3 is 18.3 Å². The summed E-state index contributed by atoms with van der Waals surface area (Å²) in [6.07, 6.45) is 0.0858. The molecule has 2 amide bonds. The smallest absolute Gasteiger partial charge is 0.425 e. The van der Waals surface area contributed by atoms with Gasteiger partial charge in [-0.1, -0.05) is 44.4 Å². The van der Waals surface area contributed by atoms with Crippen LogP contribution in [0.3, 0.4) is 0 Å². The molecule has 1 saturated carbocycles. The number of phenols is 1. The summed E-state index contributed by atoms with van der Waals surface area (Å²) in [7, 11) is 0. The van der Waals surface area contributed by atoms with E-state index in [4.69, 9.17) is 10.2 Å². The molecule has 2 atom stereocenters. The first-order valence-corrected chi connectivity index (χ1v) is 19.7. The highest BCUT2D eigenvalue weighted by Gasteiger charge is 2.45. The normalized spacial score (nSPS) is 19.7. The third kappa shape index (κ3) is 11.6. The molecule has 17 heteroatoms. The van der Waals surface area contributed by atoms with Gasteiger partial charge in [0, 0.05) is 55.3 Å². The number of aromatic hydroxyl groups is 2. The second kappa shape index (κ2) is 19.5. The van der Waals surface area contributed by atoms with E-state index >= 15 is 0 Å². The number of piperidine rings is 2. The van der Waals surface area contributed by atoms with Crippen LogP contribution in [0.5, 0.6) is 11.5 Å². The summed E-state index contributed by atoms with van der Waals surface area (Å²) in [5, 5.41) is 38.3. The van der Waals surface area contributed by atoms with E-state index in [1.165, 1.54) is 23.9 Å². The highest BCUT2D eigenvalue weighted by molar-refractivity contribution is 7.10. The van der Waals surface area contributed by atoms with Crippen molar-refractivity contribution in [3.05, 3.63) is 75.7 Å². The Hall–Kier alpha value is -4.85. The minimum atomic E-state index is -4.72. The molecule has 10 nitrogen and oxygen atoms in total. The van der Waals surface area contributed by atoms with E-state index < -0.39 is 57.7 Å². The molecule has 2 aliphatic heterocycles. The van der Waals surface area contributed by atoms with Crippen molar-refractivity contribution in [1.82, 2.24) is 14.8 Å². The summed E-state index contributed by atoms with van der Waals surface area (Å²) in [5.41, 5.74) is -2.09. The number of benzene rings is 1. The van der Waals surface area contributed by atoms with Crippen molar-refractivity contribution in [2.45, 2.75) is 101 Å². The first-order valence-electron chi connectivity index (χ1n) is 18.8. The van der Waals surface area contributed by atoms with Gasteiger partial charge in [0.15, 0.2) is 0 Å². The highest BCUT2D eigenvalue weighted by atomic mass is 32.1. The van der Waals surface area contributed by atoms with Crippen molar-refractivity contribution in [2.24, 2.45) is 11.8 Å². The van der Waals surface area contributed by atoms with Crippen molar-refractivity contribution in [1.29, 1.82) is 5.26 Å². The van der Waals surface area contributed by atoms with E-state index in [0.717, 1.165) is 30.4 Å². The van der Waals surface area contributed by atoms with Gasteiger partial charge in [0.25, 0.3) is 5.91 Å². The lowest BCUT2D eigenvalue weighted by Crippen LogP contribution is -2.55. The molecule has 0 spiro atoms. The van der Waals surface area contributed by atoms with Crippen LogP contribution in [-0.4, -0.2) is 73.6 Å². The van der Waals surface area contributed by atoms with Gasteiger partial charge < -0.3 is 25.1 Å². The number of rotatable bonds is 7. The first-order chi connectivity index (χ1) is 26.9. The average molecular weight is 825 g/mol. The molecule has 2 saturated heterocycles. The Bertz CT molecular complexity index is 1870. The Morgan fingerprint density at radius 1 is 0.947 bits per heavy atom. The van der Waals surface area contributed by atoms with Crippen LogP contribution in [0.2, 0.25) is 0 Å². The topological polar surface area (TPSA) is 155 Å². The predicted molar refractivity (Wildman–Crippen MR) is 198 cm³/mol. The maximum atomic E-state index is 13.7. The average Bonchev–Trinajstić information content (AvgIpc) is 3.86. The molecule has 0 radical (unpaired) electrons. The fourth-order valence-electron chi connectivity index (χ4n) is 7.79. The largest absolute Gasteiger partial charge is 0.508 e. The van der Waals surface area contributed by atoms with Crippen molar-refractivity contribution in [3.63, 3.8) is 0 Å². The summed E-state index contributed by atoms with van der Waals surface area (Å²) in [6, 6.07) is 11.2. The molecule has 4 heterocycles. The Kier molecular flexibility index (Phi) is 15.4. The first kappa shape index (κ1) is 44.9. The molecule has 310 valence electrons. The lowest BCUT2D eigenvalue weighted by atomic mass is 9.73. The lowest BCUT2D eigenvalue weighted by Gasteiger charge is -2.44. The van der Waals surface area contributed by atoms with Gasteiger partial charge in [-0.15, -0.1) is 11.3 Å². The zero-order valence-electron chi connectivity index (χ0n) is 31.4. The Morgan fingerprint density at radius 3 is 2.14 bits per heavy atom. The maximum absolute atomic E-state index is 13.7. The Labute approximate surface area is 330 Å². The van der Waals surface area contributed by atoms with Crippen LogP contribution in [-0.2, 0) is 27.4 Å². The summed E-state index contributed by atoms with van der Waals surface area (Å²) in [5.74, 6) is -1.95. The number of aromatic nitrogens is 1.